The van der Waals surface area contributed by atoms with Gasteiger partial charge in [0.2, 0.25) is 0 Å². The zero-order chi connectivity index (χ0) is 44.5. The SMILES string of the molecule is COC(=O)Cc1cccc(B2OC(C)(C)C(C)(C)O2)c1.COC(=O)Cc1cccc(Br)c1.O=C(O)Cc1cccc(-c2ncc(Br)cn2)c1.O=C(O)Cc1cccc(Br)c1. The molecule has 60 heavy (non-hydrogen) atoms. The molecule has 16 heteroatoms. The number of aromatic nitrogens is 2. The molecule has 0 saturated carbocycles. The molecule has 0 aliphatic carbocycles. The third kappa shape index (κ3) is 17.1. The predicted octanol–water partition coefficient (Wildman–Crippen LogP) is 8.48. The molecular weight excluding hydrogens is 967 g/mol. The molecule has 2 N–H and O–H groups in total. The van der Waals surface area contributed by atoms with Gasteiger partial charge in [0.25, 0.3) is 0 Å². The average Bonchev–Trinajstić information content (AvgIpc) is 3.41. The molecule has 1 aromatic heterocycles. The molecule has 0 atom stereocenters. The highest BCUT2D eigenvalue weighted by Gasteiger charge is 2.51. The summed E-state index contributed by atoms with van der Waals surface area (Å²) in [6, 6.07) is 29.8. The standard InChI is InChI=1S/C15H21BO4.C12H9BrN2O2.C9H9BrO2.C8H7BrO2/c1-14(2)15(3,4)20-16(19-14)12-8-6-7-11(9-12)10-13(17)18-5;13-10-6-14-12(15-7-10)9-3-1-2-8(4-9)5-11(16)17;1-12-9(11)6-7-3-2-4-8(10)5-7;9-7-3-1-2-6(4-7)5-8(10)11/h6-9H,10H2,1-5H3;1-4,6-7H,5H2,(H,16,17);2-5H,6H2,1H3;1-4H,5H2,(H,10,11). The monoisotopic (exact) mass is 1010 g/mol. The first-order valence-electron chi connectivity index (χ1n) is 18.4. The summed E-state index contributed by atoms with van der Waals surface area (Å²) in [5.41, 5.74) is 4.40. The van der Waals surface area contributed by atoms with E-state index in [9.17, 15) is 19.2 Å². The van der Waals surface area contributed by atoms with Crippen LogP contribution in [0.5, 0.6) is 0 Å². The summed E-state index contributed by atoms with van der Waals surface area (Å²) in [5.74, 6) is -1.54. The van der Waals surface area contributed by atoms with E-state index in [-0.39, 0.29) is 42.4 Å². The van der Waals surface area contributed by atoms with E-state index in [0.29, 0.717) is 12.2 Å². The van der Waals surface area contributed by atoms with Crippen molar-refractivity contribution >= 4 is 84.2 Å². The van der Waals surface area contributed by atoms with Gasteiger partial charge in [-0.1, -0.05) is 98.6 Å². The minimum atomic E-state index is -0.848. The maximum atomic E-state index is 11.3. The molecule has 0 unspecified atom stereocenters. The van der Waals surface area contributed by atoms with Gasteiger partial charge in [0.15, 0.2) is 5.82 Å². The Morgan fingerprint density at radius 2 is 0.983 bits per heavy atom. The fourth-order valence-electron chi connectivity index (χ4n) is 5.23. The van der Waals surface area contributed by atoms with Crippen molar-refractivity contribution in [1.29, 1.82) is 0 Å². The molecule has 0 radical (unpaired) electrons. The first-order chi connectivity index (χ1) is 28.3. The molecular formula is C44H46BBr3N2O10. The van der Waals surface area contributed by atoms with Crippen molar-refractivity contribution in [1.82, 2.24) is 9.97 Å². The van der Waals surface area contributed by atoms with E-state index >= 15 is 0 Å². The maximum Gasteiger partial charge on any atom is 0.494 e. The molecule has 1 fully saturated rings. The molecule has 1 aliphatic heterocycles. The van der Waals surface area contributed by atoms with Gasteiger partial charge in [-0.3, -0.25) is 19.2 Å². The lowest BCUT2D eigenvalue weighted by Gasteiger charge is -2.32. The van der Waals surface area contributed by atoms with E-state index in [1.807, 2.05) is 94.4 Å². The molecule has 6 rings (SSSR count). The Morgan fingerprint density at radius 3 is 1.42 bits per heavy atom. The molecule has 2 heterocycles. The number of rotatable bonds is 10. The molecule has 4 aromatic carbocycles. The molecule has 0 bridgehead atoms. The lowest BCUT2D eigenvalue weighted by molar-refractivity contribution is -0.140. The van der Waals surface area contributed by atoms with Crippen LogP contribution in [-0.2, 0) is 63.6 Å². The normalized spacial score (nSPS) is 13.2. The smallest absolute Gasteiger partial charge is 0.481 e. The van der Waals surface area contributed by atoms with Crippen LogP contribution in [0.25, 0.3) is 11.4 Å². The Morgan fingerprint density at radius 1 is 0.583 bits per heavy atom. The van der Waals surface area contributed by atoms with Gasteiger partial charge in [-0.25, -0.2) is 9.97 Å². The summed E-state index contributed by atoms with van der Waals surface area (Å²) < 4.78 is 23.9. The number of hydrogen-bond acceptors (Lipinski definition) is 10. The Labute approximate surface area is 375 Å². The zero-order valence-electron chi connectivity index (χ0n) is 34.0. The van der Waals surface area contributed by atoms with Crippen LogP contribution in [0.2, 0.25) is 0 Å². The second-order valence-corrected chi connectivity index (χ2v) is 16.9. The number of carbonyl (C=O) groups is 4. The summed E-state index contributed by atoms with van der Waals surface area (Å²) in [7, 11) is 2.37. The largest absolute Gasteiger partial charge is 0.494 e. The van der Waals surface area contributed by atoms with Crippen LogP contribution in [0.3, 0.4) is 0 Å². The summed E-state index contributed by atoms with van der Waals surface area (Å²) in [5, 5.41) is 17.2. The van der Waals surface area contributed by atoms with Crippen LogP contribution in [0.1, 0.15) is 49.9 Å². The number of benzene rings is 4. The third-order valence-electron chi connectivity index (χ3n) is 8.92. The number of carboxylic acid groups (broad SMARTS) is 2. The van der Waals surface area contributed by atoms with E-state index in [1.54, 1.807) is 42.7 Å². The number of esters is 2. The summed E-state index contributed by atoms with van der Waals surface area (Å²) >= 11 is 9.84. The van der Waals surface area contributed by atoms with Crippen molar-refractivity contribution in [2.24, 2.45) is 0 Å². The molecule has 0 amide bonds. The highest BCUT2D eigenvalue weighted by Crippen LogP contribution is 2.36. The Balaban J connectivity index is 0.000000220. The number of nitrogens with zero attached hydrogens (tertiary/aromatic N) is 2. The number of aliphatic carboxylic acids is 2. The number of methoxy groups -OCH3 is 2. The summed E-state index contributed by atoms with van der Waals surface area (Å²) in [6.45, 7) is 8.08. The molecule has 12 nitrogen and oxygen atoms in total. The average molecular weight is 1010 g/mol. The van der Waals surface area contributed by atoms with Crippen molar-refractivity contribution in [2.75, 3.05) is 14.2 Å². The Bertz CT molecular complexity index is 2210. The molecule has 316 valence electrons. The van der Waals surface area contributed by atoms with Crippen LogP contribution in [0.4, 0.5) is 0 Å². The number of carbonyl (C=O) groups excluding carboxylic acids is 2. The van der Waals surface area contributed by atoms with Gasteiger partial charge in [0, 0.05) is 26.9 Å². The van der Waals surface area contributed by atoms with E-state index in [0.717, 1.165) is 46.7 Å². The summed E-state index contributed by atoms with van der Waals surface area (Å²) in [6.07, 6.45) is 3.99. The first-order valence-corrected chi connectivity index (χ1v) is 20.8. The number of ether oxygens (including phenoxy) is 2. The van der Waals surface area contributed by atoms with Crippen LogP contribution in [-0.4, -0.2) is 76.6 Å². The fourth-order valence-corrected chi connectivity index (χ4v) is 6.33. The van der Waals surface area contributed by atoms with Crippen molar-refractivity contribution < 1.29 is 48.2 Å². The third-order valence-corrected chi connectivity index (χ3v) is 10.3. The number of carboxylic acids is 2. The minimum absolute atomic E-state index is 0.00433. The molecule has 1 aliphatic rings. The second-order valence-electron chi connectivity index (χ2n) is 14.2. The minimum Gasteiger partial charge on any atom is -0.481 e. The second kappa shape index (κ2) is 23.9. The van der Waals surface area contributed by atoms with Crippen molar-refractivity contribution in [3.05, 3.63) is 145 Å². The topological polar surface area (TPSA) is 171 Å². The van der Waals surface area contributed by atoms with E-state index in [2.05, 4.69) is 67.2 Å². The lowest BCUT2D eigenvalue weighted by atomic mass is 9.78. The Hall–Kier alpha value is -4.74. The van der Waals surface area contributed by atoms with Gasteiger partial charge < -0.3 is 29.0 Å². The Kier molecular flexibility index (Phi) is 19.8. The van der Waals surface area contributed by atoms with Crippen LogP contribution in [0.15, 0.2) is 123 Å². The number of halogens is 3. The van der Waals surface area contributed by atoms with Crippen molar-refractivity contribution in [3.8, 4) is 11.4 Å². The van der Waals surface area contributed by atoms with Gasteiger partial charge in [0.1, 0.15) is 0 Å². The summed E-state index contributed by atoms with van der Waals surface area (Å²) in [4.78, 5) is 51.4. The van der Waals surface area contributed by atoms with Gasteiger partial charge in [-0.2, -0.15) is 0 Å². The fraction of sp³-hybridized carbons (Fsp3) is 0.273. The van der Waals surface area contributed by atoms with Crippen molar-refractivity contribution in [3.63, 3.8) is 0 Å². The highest BCUT2D eigenvalue weighted by atomic mass is 79.9. The van der Waals surface area contributed by atoms with E-state index in [1.165, 1.54) is 14.2 Å². The van der Waals surface area contributed by atoms with Gasteiger partial charge in [0.05, 0.1) is 55.6 Å². The van der Waals surface area contributed by atoms with Crippen LogP contribution in [0, 0.1) is 0 Å². The molecule has 5 aromatic rings. The predicted molar refractivity (Wildman–Crippen MR) is 240 cm³/mol. The maximum absolute atomic E-state index is 11.3. The van der Waals surface area contributed by atoms with Gasteiger partial charge in [-0.15, -0.1) is 0 Å². The van der Waals surface area contributed by atoms with E-state index < -0.39 is 19.1 Å². The highest BCUT2D eigenvalue weighted by molar-refractivity contribution is 9.11. The van der Waals surface area contributed by atoms with E-state index in [4.69, 9.17) is 19.5 Å². The number of hydrogen-bond donors (Lipinski definition) is 2. The quantitative estimate of drug-likeness (QED) is 0.101. The van der Waals surface area contributed by atoms with Crippen molar-refractivity contribution in [2.45, 2.75) is 64.6 Å². The van der Waals surface area contributed by atoms with Crippen LogP contribution >= 0.6 is 47.8 Å². The lowest BCUT2D eigenvalue weighted by Crippen LogP contribution is -2.41. The zero-order valence-corrected chi connectivity index (χ0v) is 38.7. The first kappa shape index (κ1) is 49.6. The van der Waals surface area contributed by atoms with Crippen LogP contribution < -0.4 is 5.46 Å². The molecule has 1 saturated heterocycles. The molecule has 0 spiro atoms. The van der Waals surface area contributed by atoms with Gasteiger partial charge >= 0.3 is 31.0 Å². The van der Waals surface area contributed by atoms with Gasteiger partial charge in [-0.05, 0) is 102 Å².